The highest BCUT2D eigenvalue weighted by Crippen LogP contribution is 3.04. The number of halogens is 11. The van der Waals surface area contributed by atoms with E-state index in [0.717, 1.165) is 24.3 Å². The van der Waals surface area contributed by atoms with Crippen LogP contribution in [0.4, 0.5) is 39.4 Å². The fourth-order valence-corrected chi connectivity index (χ4v) is 6.03. The number of hydrogen-bond acceptors (Lipinski definition) is 2. The molecule has 0 radical (unpaired) electrons. The molecule has 0 atom stereocenters. The zero-order chi connectivity index (χ0) is 30.7. The Balaban J connectivity index is 0.000000292. The molecule has 0 aliphatic heterocycles. The van der Waals surface area contributed by atoms with E-state index >= 15 is 0 Å². The second kappa shape index (κ2) is 12.4. The van der Waals surface area contributed by atoms with E-state index in [-0.39, 0.29) is 0 Å². The topological polar surface area (TPSA) is 0 Å². The molecule has 0 aromatic heterocycles. The van der Waals surface area contributed by atoms with E-state index in [1.807, 2.05) is 12.1 Å². The first-order valence-corrected chi connectivity index (χ1v) is 17.5. The molecule has 0 amide bonds. The van der Waals surface area contributed by atoms with E-state index in [9.17, 15) is 39.4 Å². The van der Waals surface area contributed by atoms with Crippen LogP contribution in [0, 0.1) is 0 Å². The van der Waals surface area contributed by atoms with Crippen LogP contribution in [0.5, 0.6) is 0 Å². The predicted molar refractivity (Wildman–Crippen MR) is 152 cm³/mol. The van der Waals surface area contributed by atoms with Gasteiger partial charge in [0.2, 0.25) is 0 Å². The van der Waals surface area contributed by atoms with Gasteiger partial charge in [0.15, 0.2) is 0 Å². The van der Waals surface area contributed by atoms with Crippen LogP contribution in [-0.2, 0) is 0 Å². The van der Waals surface area contributed by atoms with Gasteiger partial charge in [-0.25, -0.2) is 0 Å². The van der Waals surface area contributed by atoms with Gasteiger partial charge in [0, 0.05) is 20.5 Å². The van der Waals surface area contributed by atoms with Crippen molar-refractivity contribution in [3.63, 3.8) is 0 Å². The molecule has 40 heavy (non-hydrogen) atoms. The molecule has 0 aliphatic carbocycles. The number of rotatable bonds is 5. The van der Waals surface area contributed by atoms with Crippen LogP contribution in [0.3, 0.4) is 0 Å². The van der Waals surface area contributed by atoms with E-state index < -0.39 is 29.1 Å². The summed E-state index contributed by atoms with van der Waals surface area (Å²) in [5, 5.41) is 0. The number of benzene rings is 4. The summed E-state index contributed by atoms with van der Waals surface area (Å²) in [5.41, 5.74) is 0. The SMILES string of the molecule is CF.FS(F)(F)(F)(Cl)c1ccccc1.FS(F)(F)(F)(F)c1ccccc1.c1ccc(SSc2ccccc2)cc1. The average molecular weight is 677 g/mol. The molecule has 0 bridgehead atoms. The first-order chi connectivity index (χ1) is 18.1. The summed E-state index contributed by atoms with van der Waals surface area (Å²) in [6.07, 6.45) is 0. The quantitative estimate of drug-likeness (QED) is 0.152. The van der Waals surface area contributed by atoms with E-state index in [1.54, 1.807) is 21.6 Å². The zero-order valence-corrected chi connectivity index (χ0v) is 24.4. The van der Waals surface area contributed by atoms with Crippen LogP contribution in [-0.4, -0.2) is 7.18 Å². The molecule has 224 valence electrons. The van der Waals surface area contributed by atoms with Crippen molar-refractivity contribution in [2.45, 2.75) is 19.6 Å². The number of hydrogen-bond donors (Lipinski definition) is 0. The van der Waals surface area contributed by atoms with Crippen molar-refractivity contribution in [1.82, 2.24) is 0 Å². The standard InChI is InChI=1S/C12H10S2.C6H5ClF4S.C6H5F5S.CH3F/c1-3-7-11(8-4-1)13-14-12-9-5-2-6-10-12;2*7-12(8,9,10,11)6-4-2-1-3-5-6;1-2/h1-10H;2*1-5H;1H3. The van der Waals surface area contributed by atoms with Gasteiger partial charge < -0.3 is 0 Å². The highest BCUT2D eigenvalue weighted by atomic mass is 35.7. The van der Waals surface area contributed by atoms with E-state index in [2.05, 4.69) is 59.2 Å². The molecule has 0 heterocycles. The lowest BCUT2D eigenvalue weighted by atomic mass is 10.4. The van der Waals surface area contributed by atoms with Gasteiger partial charge in [0.25, 0.3) is 9.05 Å². The Bertz CT molecular complexity index is 1190. The molecule has 0 unspecified atom stereocenters. The maximum absolute atomic E-state index is 12.4. The third kappa shape index (κ3) is 14.5. The molecule has 0 fully saturated rings. The molecule has 4 aromatic carbocycles. The minimum atomic E-state index is -9.43. The van der Waals surface area contributed by atoms with Crippen molar-refractivity contribution in [2.75, 3.05) is 7.18 Å². The summed E-state index contributed by atoms with van der Waals surface area (Å²) in [7, 11) is -9.78. The molecule has 0 saturated heterocycles. The van der Waals surface area contributed by atoms with E-state index in [0.29, 0.717) is 31.4 Å². The highest BCUT2D eigenvalue weighted by molar-refractivity contribution is 8.76. The largest absolute Gasteiger partial charge is 0.310 e. The minimum absolute atomic E-state index is 0.363. The Morgan fingerprint density at radius 1 is 0.425 bits per heavy atom. The molecule has 0 nitrogen and oxygen atoms in total. The van der Waals surface area contributed by atoms with Gasteiger partial charge in [-0.1, -0.05) is 114 Å². The van der Waals surface area contributed by atoms with Crippen LogP contribution < -0.4 is 0 Å². The summed E-state index contributed by atoms with van der Waals surface area (Å²) in [4.78, 5) is -0.681. The first-order valence-electron chi connectivity index (χ1n) is 10.5. The van der Waals surface area contributed by atoms with Crippen LogP contribution in [0.25, 0.3) is 0 Å². The molecular weight excluding hydrogens is 654 g/mol. The smallest absolute Gasteiger partial charge is 0.255 e. The minimum Gasteiger partial charge on any atom is -0.255 e. The first kappa shape index (κ1) is 35.9. The van der Waals surface area contributed by atoms with E-state index in [4.69, 9.17) is 0 Å². The molecule has 0 spiro atoms. The summed E-state index contributed by atoms with van der Waals surface area (Å²) in [6.45, 7) is 0. The monoisotopic (exact) mass is 676 g/mol. The van der Waals surface area contributed by atoms with Gasteiger partial charge >= 0.3 is 10.2 Å². The molecule has 0 aliphatic rings. The lowest BCUT2D eigenvalue weighted by molar-refractivity contribution is 0.364. The van der Waals surface area contributed by atoms with Gasteiger partial charge in [-0.05, 0) is 48.5 Å². The Kier molecular flexibility index (Phi) is 11.1. The summed E-state index contributed by atoms with van der Waals surface area (Å²) in [6, 6.07) is 29.4. The summed E-state index contributed by atoms with van der Waals surface area (Å²) in [5.74, 6) is 0. The van der Waals surface area contributed by atoms with E-state index in [1.165, 1.54) is 21.9 Å². The normalized spacial score (nSPS) is 14.5. The molecule has 4 aromatic rings. The summed E-state index contributed by atoms with van der Waals surface area (Å²) >= 11 is 0. The third-order valence-corrected chi connectivity index (χ3v) is 9.38. The van der Waals surface area contributed by atoms with Gasteiger partial charge in [-0.15, -0.1) is 15.5 Å². The average Bonchev–Trinajstić information content (AvgIpc) is 2.89. The number of alkyl halides is 1. The zero-order valence-electron chi connectivity index (χ0n) is 20.3. The predicted octanol–water partition coefficient (Wildman–Crippen LogP) is 14.0. The lowest BCUT2D eigenvalue weighted by Gasteiger charge is -2.42. The van der Waals surface area contributed by atoms with Crippen molar-refractivity contribution in [3.8, 4) is 0 Å². The van der Waals surface area contributed by atoms with Gasteiger partial charge in [-0.2, -0.15) is 0 Å². The van der Waals surface area contributed by atoms with Crippen LogP contribution in [0.1, 0.15) is 0 Å². The van der Waals surface area contributed by atoms with Crippen molar-refractivity contribution in [3.05, 3.63) is 121 Å². The van der Waals surface area contributed by atoms with Crippen molar-refractivity contribution < 1.29 is 39.4 Å². The van der Waals surface area contributed by atoms with Gasteiger partial charge in [-0.3, -0.25) is 4.39 Å². The third-order valence-electron chi connectivity index (χ3n) is 4.10. The van der Waals surface area contributed by atoms with Crippen molar-refractivity contribution >= 4 is 51.5 Å². The van der Waals surface area contributed by atoms with Gasteiger partial charge in [0.1, 0.15) is 4.90 Å². The maximum atomic E-state index is 12.4. The molecule has 0 N–H and O–H groups in total. The fraction of sp³-hybridized carbons (Fsp3) is 0.0400. The molecule has 15 heteroatoms. The lowest BCUT2D eigenvalue weighted by Crippen LogP contribution is -2.05. The van der Waals surface area contributed by atoms with Crippen LogP contribution in [0.15, 0.2) is 141 Å². The second-order valence-electron chi connectivity index (χ2n) is 7.36. The fourth-order valence-electron chi connectivity index (χ4n) is 2.40. The van der Waals surface area contributed by atoms with Crippen molar-refractivity contribution in [1.29, 1.82) is 0 Å². The highest BCUT2D eigenvalue weighted by Gasteiger charge is 2.65. The molecule has 0 saturated carbocycles. The van der Waals surface area contributed by atoms with Crippen LogP contribution >= 0.6 is 51.5 Å². The molecule has 4 rings (SSSR count). The summed E-state index contributed by atoms with van der Waals surface area (Å²) < 4.78 is 119. The maximum Gasteiger partial charge on any atom is 0.310 e. The Morgan fingerprint density at radius 3 is 0.875 bits per heavy atom. The second-order valence-corrected chi connectivity index (χ2v) is 16.3. The van der Waals surface area contributed by atoms with Gasteiger partial charge in [0.05, 0.1) is 12.1 Å². The Labute approximate surface area is 238 Å². The Morgan fingerprint density at radius 2 is 0.675 bits per heavy atom. The van der Waals surface area contributed by atoms with Crippen LogP contribution in [0.2, 0.25) is 0 Å². The van der Waals surface area contributed by atoms with Crippen molar-refractivity contribution in [2.24, 2.45) is 0 Å². The Hall–Kier alpha value is -2.13. The molecular formula is C25H23ClF10S4.